The van der Waals surface area contributed by atoms with E-state index in [1.54, 1.807) is 7.11 Å². The van der Waals surface area contributed by atoms with Crippen molar-refractivity contribution in [3.63, 3.8) is 0 Å². The molecule has 0 saturated carbocycles. The van der Waals surface area contributed by atoms with E-state index in [-0.39, 0.29) is 6.61 Å². The number of hydrazine groups is 1. The molecule has 2 rings (SSSR count). The minimum absolute atomic E-state index is 0.218. The molecule has 0 atom stereocenters. The highest BCUT2D eigenvalue weighted by Gasteiger charge is 2.05. The van der Waals surface area contributed by atoms with Crippen LogP contribution in [0.4, 0.5) is 5.69 Å². The van der Waals surface area contributed by atoms with Crippen molar-refractivity contribution in [2.45, 2.75) is 6.54 Å². The van der Waals surface area contributed by atoms with Crippen molar-refractivity contribution < 1.29 is 9.47 Å². The maximum Gasteiger partial charge on any atom is 0.162 e. The number of hydrogen-bond donors (Lipinski definition) is 2. The molecule has 0 aromatic heterocycles. The van der Waals surface area contributed by atoms with E-state index in [1.165, 1.54) is 0 Å². The van der Waals surface area contributed by atoms with E-state index in [1.807, 2.05) is 48.5 Å². The summed E-state index contributed by atoms with van der Waals surface area (Å²) in [5.41, 5.74) is 8.35. The van der Waals surface area contributed by atoms with Gasteiger partial charge in [0.15, 0.2) is 11.5 Å². The largest absolute Gasteiger partial charge is 0.493 e. The van der Waals surface area contributed by atoms with Gasteiger partial charge in [-0.3, -0.25) is 0 Å². The van der Waals surface area contributed by atoms with E-state index in [2.05, 4.69) is 16.8 Å². The van der Waals surface area contributed by atoms with Gasteiger partial charge in [0.2, 0.25) is 0 Å². The van der Waals surface area contributed by atoms with Crippen LogP contribution in [0.1, 0.15) is 5.56 Å². The maximum atomic E-state index is 5.47. The van der Waals surface area contributed by atoms with Crippen molar-refractivity contribution in [1.29, 1.82) is 0 Å². The smallest absolute Gasteiger partial charge is 0.162 e. The number of benzene rings is 2. The third-order valence-electron chi connectivity index (χ3n) is 2.84. The SMILES string of the molecule is C#CCOc1cc(CNNc2ccccc2)ccc1OC. The molecule has 2 aromatic rings. The summed E-state index contributed by atoms with van der Waals surface area (Å²) < 4.78 is 10.7. The fourth-order valence-corrected chi connectivity index (χ4v) is 1.83. The molecule has 0 saturated heterocycles. The molecule has 4 nitrogen and oxygen atoms in total. The molecule has 0 heterocycles. The van der Waals surface area contributed by atoms with E-state index < -0.39 is 0 Å². The molecule has 0 amide bonds. The third-order valence-corrected chi connectivity index (χ3v) is 2.84. The highest BCUT2D eigenvalue weighted by Crippen LogP contribution is 2.27. The predicted octanol–water partition coefficient (Wildman–Crippen LogP) is 2.82. The molecule has 0 aliphatic carbocycles. The second kappa shape index (κ2) is 7.83. The normalized spacial score (nSPS) is 9.71. The van der Waals surface area contributed by atoms with Crippen molar-refractivity contribution >= 4 is 5.69 Å². The summed E-state index contributed by atoms with van der Waals surface area (Å²) in [6.45, 7) is 0.862. The number of nitrogens with one attached hydrogen (secondary N) is 2. The van der Waals surface area contributed by atoms with Crippen LogP contribution in [-0.2, 0) is 6.54 Å². The van der Waals surface area contributed by atoms with E-state index in [4.69, 9.17) is 15.9 Å². The van der Waals surface area contributed by atoms with Crippen molar-refractivity contribution in [1.82, 2.24) is 5.43 Å². The Morgan fingerprint density at radius 2 is 1.90 bits per heavy atom. The fourth-order valence-electron chi connectivity index (χ4n) is 1.83. The summed E-state index contributed by atoms with van der Waals surface area (Å²) in [4.78, 5) is 0. The first-order valence-electron chi connectivity index (χ1n) is 6.60. The van der Waals surface area contributed by atoms with E-state index >= 15 is 0 Å². The Balaban J connectivity index is 1.95. The first kappa shape index (κ1) is 14.8. The van der Waals surface area contributed by atoms with Gasteiger partial charge in [0.25, 0.3) is 0 Å². The monoisotopic (exact) mass is 282 g/mol. The number of terminal acetylenes is 1. The summed E-state index contributed by atoms with van der Waals surface area (Å²) in [6.07, 6.45) is 5.21. The zero-order valence-corrected chi connectivity index (χ0v) is 11.9. The summed E-state index contributed by atoms with van der Waals surface area (Å²) in [7, 11) is 1.60. The van der Waals surface area contributed by atoms with Crippen LogP contribution >= 0.6 is 0 Å². The average molecular weight is 282 g/mol. The summed E-state index contributed by atoms with van der Waals surface area (Å²) >= 11 is 0. The van der Waals surface area contributed by atoms with Crippen LogP contribution in [-0.4, -0.2) is 13.7 Å². The van der Waals surface area contributed by atoms with Gasteiger partial charge in [0.1, 0.15) is 6.61 Å². The second-order valence-electron chi connectivity index (χ2n) is 4.32. The van der Waals surface area contributed by atoms with Gasteiger partial charge in [-0.05, 0) is 29.8 Å². The molecule has 0 aliphatic heterocycles. The molecular weight excluding hydrogens is 264 g/mol. The highest BCUT2D eigenvalue weighted by atomic mass is 16.5. The lowest BCUT2D eigenvalue weighted by molar-refractivity contribution is 0.330. The minimum atomic E-state index is 0.218. The van der Waals surface area contributed by atoms with Crippen molar-refractivity contribution in [2.24, 2.45) is 0 Å². The Kier molecular flexibility index (Phi) is 5.50. The number of para-hydroxylation sites is 1. The Labute approximate surface area is 125 Å². The van der Waals surface area contributed by atoms with Crippen LogP contribution in [0.25, 0.3) is 0 Å². The molecule has 0 fully saturated rings. The number of methoxy groups -OCH3 is 1. The molecular formula is C17H18N2O2. The van der Waals surface area contributed by atoms with Crippen molar-refractivity contribution in [3.8, 4) is 23.8 Å². The van der Waals surface area contributed by atoms with E-state index in [0.29, 0.717) is 18.0 Å². The fraction of sp³-hybridized carbons (Fsp3) is 0.176. The lowest BCUT2D eigenvalue weighted by Crippen LogP contribution is -2.20. The van der Waals surface area contributed by atoms with E-state index in [0.717, 1.165) is 11.3 Å². The summed E-state index contributed by atoms with van der Waals surface area (Å²) in [6, 6.07) is 15.7. The average Bonchev–Trinajstić information content (AvgIpc) is 2.54. The zero-order chi connectivity index (χ0) is 14.9. The highest BCUT2D eigenvalue weighted by molar-refractivity contribution is 5.44. The van der Waals surface area contributed by atoms with Gasteiger partial charge in [0.05, 0.1) is 7.11 Å². The molecule has 0 unspecified atom stereocenters. The van der Waals surface area contributed by atoms with Crippen LogP contribution in [0.5, 0.6) is 11.5 Å². The standard InChI is InChI=1S/C17H18N2O2/c1-3-11-21-17-12-14(9-10-16(17)20-2)13-18-19-15-7-5-4-6-8-15/h1,4-10,12,18-19H,11,13H2,2H3. The van der Waals surface area contributed by atoms with E-state index in [9.17, 15) is 0 Å². The topological polar surface area (TPSA) is 42.5 Å². The van der Waals surface area contributed by atoms with Gasteiger partial charge in [-0.25, -0.2) is 5.43 Å². The molecule has 0 bridgehead atoms. The Morgan fingerprint density at radius 3 is 2.62 bits per heavy atom. The van der Waals surface area contributed by atoms with Gasteiger partial charge in [0, 0.05) is 12.2 Å². The van der Waals surface area contributed by atoms with Crippen molar-refractivity contribution in [2.75, 3.05) is 19.1 Å². The Morgan fingerprint density at radius 1 is 1.10 bits per heavy atom. The minimum Gasteiger partial charge on any atom is -0.493 e. The number of rotatable bonds is 7. The zero-order valence-electron chi connectivity index (χ0n) is 11.9. The third kappa shape index (κ3) is 4.44. The number of ether oxygens (including phenoxy) is 2. The van der Waals surface area contributed by atoms with Crippen LogP contribution in [0, 0.1) is 12.3 Å². The van der Waals surface area contributed by atoms with Gasteiger partial charge in [-0.2, -0.15) is 0 Å². The first-order chi connectivity index (χ1) is 10.3. The van der Waals surface area contributed by atoms with Gasteiger partial charge >= 0.3 is 0 Å². The van der Waals surface area contributed by atoms with Gasteiger partial charge < -0.3 is 14.9 Å². The molecule has 2 aromatic carbocycles. The first-order valence-corrected chi connectivity index (χ1v) is 6.60. The molecule has 0 aliphatic rings. The van der Waals surface area contributed by atoms with Crippen LogP contribution < -0.4 is 20.3 Å². The second-order valence-corrected chi connectivity index (χ2v) is 4.32. The molecule has 0 spiro atoms. The Hall–Kier alpha value is -2.64. The van der Waals surface area contributed by atoms with Gasteiger partial charge in [-0.15, -0.1) is 6.42 Å². The Bertz CT molecular complexity index is 606. The number of hydrogen-bond acceptors (Lipinski definition) is 4. The molecule has 0 radical (unpaired) electrons. The van der Waals surface area contributed by atoms with Crippen LogP contribution in [0.3, 0.4) is 0 Å². The molecule has 108 valence electrons. The summed E-state index contributed by atoms with van der Waals surface area (Å²) in [5, 5.41) is 0. The predicted molar refractivity (Wildman–Crippen MR) is 84.2 cm³/mol. The quantitative estimate of drug-likeness (QED) is 0.605. The van der Waals surface area contributed by atoms with Crippen LogP contribution in [0.2, 0.25) is 0 Å². The summed E-state index contributed by atoms with van der Waals surface area (Å²) in [5.74, 6) is 3.76. The molecule has 4 heteroatoms. The molecule has 21 heavy (non-hydrogen) atoms. The lowest BCUT2D eigenvalue weighted by atomic mass is 10.2. The van der Waals surface area contributed by atoms with Crippen molar-refractivity contribution in [3.05, 3.63) is 54.1 Å². The van der Waals surface area contributed by atoms with Crippen LogP contribution in [0.15, 0.2) is 48.5 Å². The maximum absolute atomic E-state index is 5.47. The van der Waals surface area contributed by atoms with Gasteiger partial charge in [-0.1, -0.05) is 30.2 Å². The molecule has 2 N–H and O–H groups in total. The lowest BCUT2D eigenvalue weighted by Gasteiger charge is -2.12. The number of anilines is 1.